The molecule has 0 spiro atoms. The molecule has 1 aromatic carbocycles. The zero-order valence-corrected chi connectivity index (χ0v) is 12.7. The Labute approximate surface area is 135 Å². The zero-order chi connectivity index (χ0) is 16.9. The summed E-state index contributed by atoms with van der Waals surface area (Å²) in [5, 5.41) is 16.9. The summed E-state index contributed by atoms with van der Waals surface area (Å²) in [5.74, 6) is 0. The molecule has 3 N–H and O–H groups in total. The van der Waals surface area contributed by atoms with Crippen LogP contribution in [0.1, 0.15) is 22.1 Å². The summed E-state index contributed by atoms with van der Waals surface area (Å²) in [5.41, 5.74) is -0.480. The van der Waals surface area contributed by atoms with Gasteiger partial charge in [-0.25, -0.2) is 4.79 Å². The third-order valence-electron chi connectivity index (χ3n) is 3.08. The molecule has 4 nitrogen and oxygen atoms in total. The number of aliphatic hydroxyl groups excluding tert-OH is 1. The van der Waals surface area contributed by atoms with E-state index in [-0.39, 0.29) is 6.54 Å². The van der Waals surface area contributed by atoms with Crippen molar-refractivity contribution in [2.24, 2.45) is 0 Å². The van der Waals surface area contributed by atoms with E-state index in [1.165, 1.54) is 23.5 Å². The number of rotatable bonds is 5. The summed E-state index contributed by atoms with van der Waals surface area (Å²) in [7, 11) is 0. The number of amides is 2. The molecule has 0 aliphatic heterocycles. The summed E-state index contributed by atoms with van der Waals surface area (Å²) in [4.78, 5) is 12.6. The highest BCUT2D eigenvalue weighted by atomic mass is 32.1. The van der Waals surface area contributed by atoms with Crippen LogP contribution in [0.3, 0.4) is 0 Å². The van der Waals surface area contributed by atoms with Gasteiger partial charge in [-0.15, -0.1) is 11.3 Å². The number of nitrogens with one attached hydrogen (secondary N) is 2. The Balaban J connectivity index is 1.79. The molecule has 8 heteroatoms. The lowest BCUT2D eigenvalue weighted by Crippen LogP contribution is -2.37. The van der Waals surface area contributed by atoms with Crippen LogP contribution in [0.4, 0.5) is 18.0 Å². The van der Waals surface area contributed by atoms with Gasteiger partial charge in [0.1, 0.15) is 0 Å². The molecule has 0 unspecified atom stereocenters. The monoisotopic (exact) mass is 344 g/mol. The molecule has 2 aromatic rings. The van der Waals surface area contributed by atoms with Crippen molar-refractivity contribution in [1.29, 1.82) is 0 Å². The fourth-order valence-electron chi connectivity index (χ4n) is 1.84. The van der Waals surface area contributed by atoms with Gasteiger partial charge in [-0.05, 0) is 29.1 Å². The van der Waals surface area contributed by atoms with Gasteiger partial charge in [0.15, 0.2) is 0 Å². The van der Waals surface area contributed by atoms with Crippen LogP contribution >= 0.6 is 11.3 Å². The molecule has 2 amide bonds. The van der Waals surface area contributed by atoms with Crippen molar-refractivity contribution in [2.75, 3.05) is 6.54 Å². The molecule has 124 valence electrons. The number of alkyl halides is 3. The molecule has 23 heavy (non-hydrogen) atoms. The first-order valence-electron chi connectivity index (χ1n) is 6.75. The van der Waals surface area contributed by atoms with Gasteiger partial charge in [0.25, 0.3) is 0 Å². The van der Waals surface area contributed by atoms with Crippen molar-refractivity contribution in [3.05, 3.63) is 57.8 Å². The molecule has 2 rings (SSSR count). The molecule has 1 atom stereocenters. The van der Waals surface area contributed by atoms with Gasteiger partial charge in [-0.2, -0.15) is 13.2 Å². The first-order chi connectivity index (χ1) is 10.9. The topological polar surface area (TPSA) is 61.4 Å². The standard InChI is InChI=1S/C15H15F3N2O2S/c16-15(17,18)11-5-3-10(4-6-11)13(21)9-20-14(22)19-8-12-2-1-7-23-12/h1-7,13,21H,8-9H2,(H2,19,20,22)/t13-/m1/s1. The van der Waals surface area contributed by atoms with Crippen molar-refractivity contribution < 1.29 is 23.1 Å². The van der Waals surface area contributed by atoms with E-state index < -0.39 is 23.9 Å². The number of hydrogen-bond acceptors (Lipinski definition) is 3. The Kier molecular flexibility index (Phi) is 5.62. The molecule has 0 saturated carbocycles. The number of carbonyl (C=O) groups excluding carboxylic acids is 1. The molecule has 0 aliphatic rings. The summed E-state index contributed by atoms with van der Waals surface area (Å²) >= 11 is 1.51. The van der Waals surface area contributed by atoms with Crippen molar-refractivity contribution in [1.82, 2.24) is 10.6 Å². The van der Waals surface area contributed by atoms with Crippen molar-refractivity contribution in [3.8, 4) is 0 Å². The number of urea groups is 1. The van der Waals surface area contributed by atoms with Crippen LogP contribution < -0.4 is 10.6 Å². The highest BCUT2D eigenvalue weighted by Crippen LogP contribution is 2.29. The van der Waals surface area contributed by atoms with Gasteiger partial charge in [-0.1, -0.05) is 18.2 Å². The van der Waals surface area contributed by atoms with Crippen molar-refractivity contribution >= 4 is 17.4 Å². The highest BCUT2D eigenvalue weighted by Gasteiger charge is 2.30. The van der Waals surface area contributed by atoms with E-state index in [4.69, 9.17) is 0 Å². The predicted molar refractivity (Wildman–Crippen MR) is 81.0 cm³/mol. The minimum absolute atomic E-state index is 0.0956. The molecule has 0 fully saturated rings. The molecule has 0 aliphatic carbocycles. The number of carbonyl (C=O) groups is 1. The Bertz CT molecular complexity index is 627. The van der Waals surface area contributed by atoms with Crippen molar-refractivity contribution in [2.45, 2.75) is 18.8 Å². The van der Waals surface area contributed by atoms with E-state index in [9.17, 15) is 23.1 Å². The summed E-state index contributed by atoms with van der Waals surface area (Å²) in [6.07, 6.45) is -5.49. The Morgan fingerprint density at radius 2 is 1.87 bits per heavy atom. The minimum Gasteiger partial charge on any atom is -0.387 e. The lowest BCUT2D eigenvalue weighted by atomic mass is 10.1. The molecule has 0 radical (unpaired) electrons. The minimum atomic E-state index is -4.41. The maximum Gasteiger partial charge on any atom is 0.416 e. The van der Waals surface area contributed by atoms with Gasteiger partial charge in [0, 0.05) is 11.4 Å². The van der Waals surface area contributed by atoms with Crippen LogP contribution in [0.2, 0.25) is 0 Å². The van der Waals surface area contributed by atoms with Crippen LogP contribution in [0.15, 0.2) is 41.8 Å². The summed E-state index contributed by atoms with van der Waals surface area (Å²) < 4.78 is 37.3. The Morgan fingerprint density at radius 1 is 1.17 bits per heavy atom. The predicted octanol–water partition coefficient (Wildman–Crippen LogP) is 3.30. The quantitative estimate of drug-likeness (QED) is 0.779. The molecular weight excluding hydrogens is 329 g/mol. The third-order valence-corrected chi connectivity index (χ3v) is 3.96. The number of aliphatic hydroxyl groups is 1. The Morgan fingerprint density at radius 3 is 2.43 bits per heavy atom. The average Bonchev–Trinajstić information content (AvgIpc) is 3.03. The largest absolute Gasteiger partial charge is 0.416 e. The normalized spacial score (nSPS) is 12.7. The average molecular weight is 344 g/mol. The molecule has 0 bridgehead atoms. The number of halogens is 3. The van der Waals surface area contributed by atoms with Crippen LogP contribution in [0.25, 0.3) is 0 Å². The van der Waals surface area contributed by atoms with Crippen LogP contribution in [-0.2, 0) is 12.7 Å². The van der Waals surface area contributed by atoms with E-state index in [0.29, 0.717) is 12.1 Å². The van der Waals surface area contributed by atoms with E-state index >= 15 is 0 Å². The van der Waals surface area contributed by atoms with Crippen molar-refractivity contribution in [3.63, 3.8) is 0 Å². The van der Waals surface area contributed by atoms with E-state index in [0.717, 1.165) is 17.0 Å². The number of hydrogen-bond donors (Lipinski definition) is 3. The van der Waals surface area contributed by atoms with Gasteiger partial charge in [-0.3, -0.25) is 0 Å². The molecule has 1 aromatic heterocycles. The van der Waals surface area contributed by atoms with Gasteiger partial charge in [0.05, 0.1) is 18.2 Å². The van der Waals surface area contributed by atoms with Gasteiger partial charge >= 0.3 is 12.2 Å². The van der Waals surface area contributed by atoms with Gasteiger partial charge < -0.3 is 15.7 Å². The fourth-order valence-corrected chi connectivity index (χ4v) is 2.49. The lowest BCUT2D eigenvalue weighted by molar-refractivity contribution is -0.137. The van der Waals surface area contributed by atoms with Crippen LogP contribution in [0.5, 0.6) is 0 Å². The van der Waals surface area contributed by atoms with Crippen LogP contribution in [0, 0.1) is 0 Å². The molecule has 0 saturated heterocycles. The second-order valence-corrected chi connectivity index (χ2v) is 5.81. The number of benzene rings is 1. The second kappa shape index (κ2) is 7.47. The zero-order valence-electron chi connectivity index (χ0n) is 11.9. The van der Waals surface area contributed by atoms with E-state index in [1.807, 2.05) is 17.5 Å². The first kappa shape index (κ1) is 17.3. The Hall–Kier alpha value is -2.06. The lowest BCUT2D eigenvalue weighted by Gasteiger charge is -2.14. The SMILES string of the molecule is O=C(NCc1cccs1)NC[C@@H](O)c1ccc(C(F)(F)F)cc1. The highest BCUT2D eigenvalue weighted by molar-refractivity contribution is 7.09. The van der Waals surface area contributed by atoms with E-state index in [1.54, 1.807) is 0 Å². The fraction of sp³-hybridized carbons (Fsp3) is 0.267. The summed E-state index contributed by atoms with van der Waals surface area (Å²) in [6.45, 7) is 0.279. The maximum absolute atomic E-state index is 12.4. The van der Waals surface area contributed by atoms with Gasteiger partial charge in [0.2, 0.25) is 0 Å². The van der Waals surface area contributed by atoms with E-state index in [2.05, 4.69) is 10.6 Å². The molecule has 1 heterocycles. The molecular formula is C15H15F3N2O2S. The second-order valence-electron chi connectivity index (χ2n) is 4.78. The first-order valence-corrected chi connectivity index (χ1v) is 7.63. The third kappa shape index (κ3) is 5.26. The maximum atomic E-state index is 12.4. The van der Waals surface area contributed by atoms with Crippen LogP contribution in [-0.4, -0.2) is 17.7 Å². The smallest absolute Gasteiger partial charge is 0.387 e. The number of thiophene rings is 1. The summed E-state index contributed by atoms with van der Waals surface area (Å²) in [6, 6.07) is 7.47.